The molecule has 3 heterocycles. The van der Waals surface area contributed by atoms with Gasteiger partial charge in [-0.05, 0) is 141 Å². The number of ether oxygens (including phenoxy) is 2. The molecule has 14 heteroatoms. The third-order valence-electron chi connectivity index (χ3n) is 12.9. The average Bonchev–Trinajstić information content (AvgIpc) is 3.82. The van der Waals surface area contributed by atoms with Gasteiger partial charge in [-0.15, -0.1) is 0 Å². The second-order valence-corrected chi connectivity index (χ2v) is 18.7. The Morgan fingerprint density at radius 1 is 0.935 bits per heavy atom. The van der Waals surface area contributed by atoms with E-state index in [1.165, 1.54) is 48.4 Å². The van der Waals surface area contributed by atoms with Crippen LogP contribution >= 0.6 is 0 Å². The summed E-state index contributed by atoms with van der Waals surface area (Å²) in [5.41, 5.74) is 5.89. The maximum Gasteiger partial charge on any atom is 0.293 e. The second-order valence-electron chi connectivity index (χ2n) is 17.1. The third-order valence-corrected chi connectivity index (χ3v) is 14.3. The van der Waals surface area contributed by atoms with Crippen LogP contribution in [0.1, 0.15) is 91.7 Å². The third kappa shape index (κ3) is 8.62. The topological polar surface area (TPSA) is 169 Å². The molecule has 0 bridgehead atoms. The van der Waals surface area contributed by atoms with Gasteiger partial charge in [-0.25, -0.2) is 18.1 Å². The molecule has 2 aliphatic carbocycles. The van der Waals surface area contributed by atoms with E-state index in [9.17, 15) is 23.3 Å². The summed E-state index contributed by atoms with van der Waals surface area (Å²) in [6.45, 7) is 3.55. The predicted molar refractivity (Wildman–Crippen MR) is 239 cm³/mol. The van der Waals surface area contributed by atoms with Crippen molar-refractivity contribution in [2.45, 2.75) is 80.7 Å². The molecule has 4 aromatic carbocycles. The number of fused-ring (bicyclic) bond motifs is 1. The number of carbonyl (C=O) groups is 1. The first kappa shape index (κ1) is 41.1. The van der Waals surface area contributed by atoms with E-state index in [4.69, 9.17) is 9.47 Å². The number of aromatic nitrogens is 2. The van der Waals surface area contributed by atoms with Crippen LogP contribution in [0.3, 0.4) is 0 Å². The molecule has 1 aliphatic heterocycles. The summed E-state index contributed by atoms with van der Waals surface area (Å²) in [6.07, 6.45) is 11.6. The zero-order valence-electron chi connectivity index (χ0n) is 34.8. The Labute approximate surface area is 361 Å². The minimum absolute atomic E-state index is 0.0535. The number of aromatic amines is 1. The fourth-order valence-electron chi connectivity index (χ4n) is 9.07. The first-order chi connectivity index (χ1) is 30.0. The first-order valence-corrected chi connectivity index (χ1v) is 22.8. The van der Waals surface area contributed by atoms with Crippen molar-refractivity contribution in [2.75, 3.05) is 30.4 Å². The Morgan fingerprint density at radius 2 is 1.69 bits per heavy atom. The highest BCUT2D eigenvalue weighted by Crippen LogP contribution is 2.47. The highest BCUT2D eigenvalue weighted by Gasteiger charge is 2.34. The van der Waals surface area contributed by atoms with Crippen molar-refractivity contribution in [3.05, 3.63) is 136 Å². The molecule has 1 atom stereocenters. The molecule has 1 amide bonds. The normalized spacial score (nSPS) is 20.3. The van der Waals surface area contributed by atoms with Crippen molar-refractivity contribution in [3.8, 4) is 22.6 Å². The Bertz CT molecular complexity index is 2740. The van der Waals surface area contributed by atoms with Gasteiger partial charge >= 0.3 is 0 Å². The molecule has 3 fully saturated rings. The monoisotopic (exact) mass is 854 g/mol. The van der Waals surface area contributed by atoms with E-state index in [1.807, 2.05) is 18.2 Å². The number of sulfonamides is 1. The smallest absolute Gasteiger partial charge is 0.293 e. The van der Waals surface area contributed by atoms with E-state index in [1.54, 1.807) is 31.5 Å². The molecule has 3 aliphatic rings. The van der Waals surface area contributed by atoms with Crippen LogP contribution in [0.25, 0.3) is 22.2 Å². The summed E-state index contributed by atoms with van der Waals surface area (Å²) in [6, 6.07) is 29.7. The van der Waals surface area contributed by atoms with Crippen molar-refractivity contribution < 1.29 is 27.6 Å². The lowest BCUT2D eigenvalue weighted by Gasteiger charge is -2.36. The Kier molecular flexibility index (Phi) is 11.2. The number of hydrogen-bond acceptors (Lipinski definition) is 10. The zero-order valence-corrected chi connectivity index (χ0v) is 35.6. The van der Waals surface area contributed by atoms with Gasteiger partial charge < -0.3 is 24.7 Å². The van der Waals surface area contributed by atoms with E-state index in [2.05, 4.69) is 68.2 Å². The van der Waals surface area contributed by atoms with E-state index in [0.29, 0.717) is 29.9 Å². The fourth-order valence-corrected chi connectivity index (χ4v) is 10.1. The van der Waals surface area contributed by atoms with Crippen LogP contribution in [0.5, 0.6) is 11.5 Å². The SMILES string of the molecule is COC1(C)CCC(CNc2ccc(S(=O)(=O)NC(=O)c3ccc(-c4ccc(N5CCC[C@@H]5c5ccccc5C5CC5)cc4)cc3Oc3cnc4[nH]ccc4c3)cc2[N+](=O)[O-])CC1. The number of nitro benzene ring substituents is 1. The van der Waals surface area contributed by atoms with Gasteiger partial charge in [-0.2, -0.15) is 0 Å². The highest BCUT2D eigenvalue weighted by atomic mass is 32.2. The molecule has 62 heavy (non-hydrogen) atoms. The number of anilines is 2. The van der Waals surface area contributed by atoms with Crippen LogP contribution in [-0.2, 0) is 14.8 Å². The molecule has 0 radical (unpaired) electrons. The molecular formula is C48H50N6O7S. The molecule has 0 unspecified atom stereocenters. The van der Waals surface area contributed by atoms with Crippen molar-refractivity contribution >= 4 is 44.0 Å². The molecule has 3 N–H and O–H groups in total. The Hall–Kier alpha value is -6.25. The minimum Gasteiger partial charge on any atom is -0.455 e. The number of H-pyrrole nitrogens is 1. The standard InChI is InChI=1S/C48H50N6O7S/c1-48(60-2)22-19-31(20-23-48)29-50-42-18-16-38(28-44(42)54(56)57)62(58,59)52-47(55)41-17-13-34(27-45(41)61-37-26-35-21-24-49-46(35)51-30-37)32-11-14-36(15-12-32)53-25-5-8-43(53)40-7-4-3-6-39(40)33-9-10-33/h3-4,6-7,11-18,21,24,26-28,30-31,33,43,50H,5,8-10,19-20,22-23,25,29H2,1-2H3,(H,49,51)(H,52,55)/t31?,43-,48?/m1/s1. The van der Waals surface area contributed by atoms with Crippen LogP contribution in [0, 0.1) is 16.0 Å². The van der Waals surface area contributed by atoms with Crippen LogP contribution in [0.15, 0.2) is 114 Å². The number of nitro groups is 1. The lowest BCUT2D eigenvalue weighted by Crippen LogP contribution is -2.34. The molecular weight excluding hydrogens is 805 g/mol. The van der Waals surface area contributed by atoms with Gasteiger partial charge in [0.25, 0.3) is 21.6 Å². The summed E-state index contributed by atoms with van der Waals surface area (Å²) in [4.78, 5) is 35.0. The van der Waals surface area contributed by atoms with Gasteiger partial charge in [0.1, 0.15) is 22.8 Å². The summed E-state index contributed by atoms with van der Waals surface area (Å²) in [7, 11) is -2.86. The summed E-state index contributed by atoms with van der Waals surface area (Å²) >= 11 is 0. The number of pyridine rings is 1. The summed E-state index contributed by atoms with van der Waals surface area (Å²) in [5.74, 6) is 0.430. The first-order valence-electron chi connectivity index (χ1n) is 21.3. The number of nitrogens with zero attached hydrogens (tertiary/aromatic N) is 3. The van der Waals surface area contributed by atoms with Crippen LogP contribution in [-0.4, -0.2) is 55.0 Å². The zero-order chi connectivity index (χ0) is 43.0. The number of benzene rings is 4. The van der Waals surface area contributed by atoms with Gasteiger partial charge in [0, 0.05) is 43.5 Å². The van der Waals surface area contributed by atoms with Gasteiger partial charge in [0.05, 0.1) is 33.2 Å². The average molecular weight is 855 g/mol. The van der Waals surface area contributed by atoms with Gasteiger partial charge in [0.15, 0.2) is 0 Å². The van der Waals surface area contributed by atoms with E-state index in [-0.39, 0.29) is 28.5 Å². The van der Waals surface area contributed by atoms with Crippen molar-refractivity contribution in [1.82, 2.24) is 14.7 Å². The largest absolute Gasteiger partial charge is 0.455 e. The number of methoxy groups -OCH3 is 1. The van der Waals surface area contributed by atoms with Crippen molar-refractivity contribution in [2.24, 2.45) is 5.92 Å². The maximum absolute atomic E-state index is 14.0. The number of hydrogen-bond donors (Lipinski definition) is 3. The maximum atomic E-state index is 14.0. The number of amides is 1. The summed E-state index contributed by atoms with van der Waals surface area (Å²) in [5, 5.41) is 16.1. The fraction of sp³-hybridized carbons (Fsp3) is 0.333. The number of carbonyl (C=O) groups excluding carboxylic acids is 1. The van der Waals surface area contributed by atoms with E-state index in [0.717, 1.165) is 73.3 Å². The molecule has 13 nitrogen and oxygen atoms in total. The van der Waals surface area contributed by atoms with Crippen molar-refractivity contribution in [3.63, 3.8) is 0 Å². The van der Waals surface area contributed by atoms with Gasteiger partial charge in [-0.1, -0.05) is 42.5 Å². The van der Waals surface area contributed by atoms with Crippen molar-refractivity contribution in [1.29, 1.82) is 0 Å². The molecule has 2 saturated carbocycles. The second kappa shape index (κ2) is 16.9. The number of rotatable bonds is 14. The highest BCUT2D eigenvalue weighted by molar-refractivity contribution is 7.90. The Balaban J connectivity index is 0.958. The lowest BCUT2D eigenvalue weighted by atomic mass is 9.80. The molecule has 0 spiro atoms. The number of nitrogens with one attached hydrogen (secondary N) is 3. The van der Waals surface area contributed by atoms with E-state index >= 15 is 0 Å². The quantitative estimate of drug-likeness (QED) is 0.0708. The Morgan fingerprint density at radius 3 is 2.44 bits per heavy atom. The minimum atomic E-state index is -4.57. The van der Waals surface area contributed by atoms with Gasteiger partial charge in [0.2, 0.25) is 0 Å². The molecule has 9 rings (SSSR count). The molecule has 1 saturated heterocycles. The lowest BCUT2D eigenvalue weighted by molar-refractivity contribution is -0.384. The van der Waals surface area contributed by atoms with Crippen LogP contribution < -0.4 is 19.7 Å². The van der Waals surface area contributed by atoms with Crippen LogP contribution in [0.4, 0.5) is 17.1 Å². The van der Waals surface area contributed by atoms with Gasteiger partial charge in [-0.3, -0.25) is 14.9 Å². The molecule has 320 valence electrons. The molecule has 6 aromatic rings. The van der Waals surface area contributed by atoms with E-state index < -0.39 is 31.4 Å². The van der Waals surface area contributed by atoms with Crippen LogP contribution in [0.2, 0.25) is 0 Å². The predicted octanol–water partition coefficient (Wildman–Crippen LogP) is 10.3. The molecule has 2 aromatic heterocycles. The summed E-state index contributed by atoms with van der Waals surface area (Å²) < 4.78 is 41.5.